The minimum absolute atomic E-state index is 0.128. The highest BCUT2D eigenvalue weighted by molar-refractivity contribution is 7.11. The van der Waals surface area contributed by atoms with Crippen molar-refractivity contribution in [1.29, 1.82) is 0 Å². The van der Waals surface area contributed by atoms with Gasteiger partial charge in [0.15, 0.2) is 0 Å². The molecule has 1 unspecified atom stereocenters. The number of nitrogens with zero attached hydrogens (tertiary/aromatic N) is 1. The van der Waals surface area contributed by atoms with Crippen molar-refractivity contribution in [2.24, 2.45) is 5.73 Å². The first-order valence-electron chi connectivity index (χ1n) is 6.12. The summed E-state index contributed by atoms with van der Waals surface area (Å²) in [7, 11) is 0. The SMILES string of the molecule is Cc1ncc(COc2ccc(CC(C)N)cc2Cl)s1. The highest BCUT2D eigenvalue weighted by Gasteiger charge is 2.06. The number of nitrogens with two attached hydrogens (primary N) is 1. The van der Waals surface area contributed by atoms with E-state index in [0.717, 1.165) is 21.9 Å². The zero-order chi connectivity index (χ0) is 13.8. The van der Waals surface area contributed by atoms with Crippen molar-refractivity contribution in [3.05, 3.63) is 44.9 Å². The molecule has 0 aliphatic carbocycles. The maximum Gasteiger partial charge on any atom is 0.138 e. The number of benzene rings is 1. The average molecular weight is 297 g/mol. The predicted molar refractivity (Wildman–Crippen MR) is 80.0 cm³/mol. The van der Waals surface area contributed by atoms with Crippen LogP contribution in [0.15, 0.2) is 24.4 Å². The normalized spacial score (nSPS) is 12.4. The molecule has 5 heteroatoms. The summed E-state index contributed by atoms with van der Waals surface area (Å²) in [6.07, 6.45) is 2.65. The van der Waals surface area contributed by atoms with Gasteiger partial charge in [-0.1, -0.05) is 17.7 Å². The van der Waals surface area contributed by atoms with E-state index in [-0.39, 0.29) is 6.04 Å². The van der Waals surface area contributed by atoms with Crippen LogP contribution in [0.3, 0.4) is 0 Å². The summed E-state index contributed by atoms with van der Waals surface area (Å²) in [6, 6.07) is 5.94. The van der Waals surface area contributed by atoms with E-state index in [0.29, 0.717) is 17.4 Å². The van der Waals surface area contributed by atoms with Gasteiger partial charge < -0.3 is 10.5 Å². The predicted octanol–water partition coefficient (Wildman–Crippen LogP) is 3.57. The van der Waals surface area contributed by atoms with Crippen LogP contribution in [0.25, 0.3) is 0 Å². The molecule has 0 fully saturated rings. The van der Waals surface area contributed by atoms with E-state index in [9.17, 15) is 0 Å². The first-order chi connectivity index (χ1) is 9.04. The van der Waals surface area contributed by atoms with E-state index in [1.54, 1.807) is 11.3 Å². The summed E-state index contributed by atoms with van der Waals surface area (Å²) in [5.41, 5.74) is 6.90. The van der Waals surface area contributed by atoms with Crippen LogP contribution in [-0.4, -0.2) is 11.0 Å². The molecule has 0 saturated heterocycles. The zero-order valence-electron chi connectivity index (χ0n) is 11.0. The van der Waals surface area contributed by atoms with Crippen LogP contribution in [0.2, 0.25) is 5.02 Å². The second-order valence-corrected chi connectivity index (χ2v) is 6.31. The van der Waals surface area contributed by atoms with Gasteiger partial charge in [0.25, 0.3) is 0 Å². The van der Waals surface area contributed by atoms with Crippen LogP contribution >= 0.6 is 22.9 Å². The van der Waals surface area contributed by atoms with E-state index >= 15 is 0 Å². The Morgan fingerprint density at radius 2 is 2.26 bits per heavy atom. The van der Waals surface area contributed by atoms with Crippen molar-refractivity contribution in [3.63, 3.8) is 0 Å². The Morgan fingerprint density at radius 1 is 1.47 bits per heavy atom. The molecule has 0 amide bonds. The van der Waals surface area contributed by atoms with Gasteiger partial charge in [0.1, 0.15) is 12.4 Å². The number of halogens is 1. The Balaban J connectivity index is 2.00. The molecular weight excluding hydrogens is 280 g/mol. The van der Waals surface area contributed by atoms with Crippen molar-refractivity contribution in [2.45, 2.75) is 32.9 Å². The lowest BCUT2D eigenvalue weighted by molar-refractivity contribution is 0.309. The number of hydrogen-bond donors (Lipinski definition) is 1. The van der Waals surface area contributed by atoms with Gasteiger partial charge in [-0.15, -0.1) is 11.3 Å². The Labute approximate surface area is 122 Å². The fraction of sp³-hybridized carbons (Fsp3) is 0.357. The molecular formula is C14H17ClN2OS. The van der Waals surface area contributed by atoms with Gasteiger partial charge in [0, 0.05) is 12.2 Å². The van der Waals surface area contributed by atoms with Gasteiger partial charge in [-0.3, -0.25) is 0 Å². The van der Waals surface area contributed by atoms with Crippen LogP contribution in [0, 0.1) is 6.92 Å². The van der Waals surface area contributed by atoms with E-state index in [1.165, 1.54) is 0 Å². The number of ether oxygens (including phenoxy) is 1. The van der Waals surface area contributed by atoms with Crippen molar-refractivity contribution < 1.29 is 4.74 Å². The van der Waals surface area contributed by atoms with Gasteiger partial charge in [0.2, 0.25) is 0 Å². The highest BCUT2D eigenvalue weighted by atomic mass is 35.5. The summed E-state index contributed by atoms with van der Waals surface area (Å²) in [5, 5.41) is 1.66. The minimum atomic E-state index is 0.128. The maximum absolute atomic E-state index is 6.21. The molecule has 0 spiro atoms. The molecule has 3 nitrogen and oxygen atoms in total. The molecule has 1 heterocycles. The average Bonchev–Trinajstić information content (AvgIpc) is 2.73. The number of hydrogen-bond acceptors (Lipinski definition) is 4. The molecule has 19 heavy (non-hydrogen) atoms. The van der Waals surface area contributed by atoms with Crippen molar-refractivity contribution in [1.82, 2.24) is 4.98 Å². The second-order valence-electron chi connectivity index (χ2n) is 4.58. The number of aryl methyl sites for hydroxylation is 1. The fourth-order valence-electron chi connectivity index (χ4n) is 1.78. The summed E-state index contributed by atoms with van der Waals surface area (Å²) in [6.45, 7) is 4.45. The molecule has 2 aromatic rings. The lowest BCUT2D eigenvalue weighted by Crippen LogP contribution is -2.17. The molecule has 0 radical (unpaired) electrons. The fourth-order valence-corrected chi connectivity index (χ4v) is 2.75. The molecule has 1 atom stereocenters. The second kappa shape index (κ2) is 6.37. The zero-order valence-corrected chi connectivity index (χ0v) is 12.6. The van der Waals surface area contributed by atoms with E-state index in [1.807, 2.05) is 38.2 Å². The van der Waals surface area contributed by atoms with Gasteiger partial charge >= 0.3 is 0 Å². The monoisotopic (exact) mass is 296 g/mol. The summed E-state index contributed by atoms with van der Waals surface area (Å²) in [4.78, 5) is 5.28. The third-order valence-corrected chi connectivity index (χ3v) is 3.77. The number of aromatic nitrogens is 1. The summed E-state index contributed by atoms with van der Waals surface area (Å²) >= 11 is 7.83. The third kappa shape index (κ3) is 4.20. The molecule has 1 aromatic carbocycles. The van der Waals surface area contributed by atoms with Crippen LogP contribution in [0.1, 0.15) is 22.4 Å². The van der Waals surface area contributed by atoms with Crippen LogP contribution in [-0.2, 0) is 13.0 Å². The third-order valence-electron chi connectivity index (χ3n) is 2.59. The Morgan fingerprint density at radius 3 is 2.84 bits per heavy atom. The molecule has 102 valence electrons. The maximum atomic E-state index is 6.21. The van der Waals surface area contributed by atoms with Crippen molar-refractivity contribution in [3.8, 4) is 5.75 Å². The molecule has 0 aliphatic heterocycles. The van der Waals surface area contributed by atoms with Crippen LogP contribution in [0.4, 0.5) is 0 Å². The molecule has 1 aromatic heterocycles. The van der Waals surface area contributed by atoms with Crippen LogP contribution in [0.5, 0.6) is 5.75 Å². The topological polar surface area (TPSA) is 48.1 Å². The smallest absolute Gasteiger partial charge is 0.138 e. The Bertz CT molecular complexity index is 554. The molecule has 0 saturated carbocycles. The lowest BCUT2D eigenvalue weighted by atomic mass is 10.1. The van der Waals surface area contributed by atoms with Gasteiger partial charge in [-0.05, 0) is 38.0 Å². The summed E-state index contributed by atoms with van der Waals surface area (Å²) < 4.78 is 5.70. The van der Waals surface area contributed by atoms with Gasteiger partial charge in [-0.25, -0.2) is 4.98 Å². The molecule has 2 rings (SSSR count). The summed E-state index contributed by atoms with van der Waals surface area (Å²) in [5.74, 6) is 0.696. The van der Waals surface area contributed by atoms with E-state index in [2.05, 4.69) is 4.98 Å². The standard InChI is InChI=1S/C14H17ClN2OS/c1-9(16)5-11-3-4-14(13(15)6-11)18-8-12-7-17-10(2)19-12/h3-4,6-7,9H,5,8,16H2,1-2H3. The first-order valence-corrected chi connectivity index (χ1v) is 7.32. The molecule has 0 bridgehead atoms. The van der Waals surface area contributed by atoms with Gasteiger partial charge in [0.05, 0.1) is 14.9 Å². The molecule has 2 N–H and O–H groups in total. The molecule has 0 aliphatic rings. The highest BCUT2D eigenvalue weighted by Crippen LogP contribution is 2.27. The minimum Gasteiger partial charge on any atom is -0.486 e. The quantitative estimate of drug-likeness (QED) is 0.917. The van der Waals surface area contributed by atoms with E-state index < -0.39 is 0 Å². The number of rotatable bonds is 5. The number of thiazole rings is 1. The Kier molecular flexibility index (Phi) is 4.80. The van der Waals surface area contributed by atoms with Crippen molar-refractivity contribution >= 4 is 22.9 Å². The largest absolute Gasteiger partial charge is 0.486 e. The lowest BCUT2D eigenvalue weighted by Gasteiger charge is -2.10. The van der Waals surface area contributed by atoms with Gasteiger partial charge in [-0.2, -0.15) is 0 Å². The van der Waals surface area contributed by atoms with E-state index in [4.69, 9.17) is 22.1 Å². The van der Waals surface area contributed by atoms with Crippen molar-refractivity contribution in [2.75, 3.05) is 0 Å². The first kappa shape index (κ1) is 14.3. The Hall–Kier alpha value is -1.10. The van der Waals surface area contributed by atoms with Crippen LogP contribution < -0.4 is 10.5 Å².